The first kappa shape index (κ1) is 16.0. The van der Waals surface area contributed by atoms with Crippen LogP contribution in [0.1, 0.15) is 25.2 Å². The maximum atomic E-state index is 5.81. The van der Waals surface area contributed by atoms with Crippen molar-refractivity contribution in [3.8, 4) is 5.75 Å². The predicted molar refractivity (Wildman–Crippen MR) is 91.3 cm³/mol. The zero-order valence-corrected chi connectivity index (χ0v) is 14.2. The van der Waals surface area contributed by atoms with Gasteiger partial charge in [-0.05, 0) is 31.5 Å². The Morgan fingerprint density at radius 2 is 2.04 bits per heavy atom. The molecule has 1 aromatic carbocycles. The summed E-state index contributed by atoms with van der Waals surface area (Å²) >= 11 is 0. The lowest BCUT2D eigenvalue weighted by molar-refractivity contribution is 0.139. The molecule has 5 heteroatoms. The van der Waals surface area contributed by atoms with Gasteiger partial charge in [-0.1, -0.05) is 12.1 Å². The van der Waals surface area contributed by atoms with Gasteiger partial charge in [0.25, 0.3) is 0 Å². The van der Waals surface area contributed by atoms with Crippen molar-refractivity contribution in [2.45, 2.75) is 39.1 Å². The van der Waals surface area contributed by atoms with E-state index in [4.69, 9.17) is 4.74 Å². The second-order valence-electron chi connectivity index (χ2n) is 6.47. The summed E-state index contributed by atoms with van der Waals surface area (Å²) in [7, 11) is 1.98. The molecule has 0 spiro atoms. The highest BCUT2D eigenvalue weighted by atomic mass is 16.5. The van der Waals surface area contributed by atoms with E-state index in [0.717, 1.165) is 31.2 Å². The van der Waals surface area contributed by atoms with Gasteiger partial charge in [-0.3, -0.25) is 4.90 Å². The summed E-state index contributed by atoms with van der Waals surface area (Å²) in [5.74, 6) is 1.82. The normalized spacial score (nSPS) is 22.2. The first-order valence-corrected chi connectivity index (χ1v) is 8.27. The van der Waals surface area contributed by atoms with Crippen LogP contribution in [0, 0.1) is 0 Å². The lowest BCUT2D eigenvalue weighted by Crippen LogP contribution is -2.53. The van der Waals surface area contributed by atoms with Crippen LogP contribution in [0.2, 0.25) is 0 Å². The fourth-order valence-corrected chi connectivity index (χ4v) is 2.93. The summed E-state index contributed by atoms with van der Waals surface area (Å²) in [4.78, 5) is 6.80. The van der Waals surface area contributed by atoms with E-state index in [-0.39, 0.29) is 0 Å². The molecule has 2 atom stereocenters. The first-order valence-electron chi connectivity index (χ1n) is 8.27. The smallest absolute Gasteiger partial charge is 0.146 e. The Morgan fingerprint density at radius 1 is 1.26 bits per heavy atom. The van der Waals surface area contributed by atoms with Crippen molar-refractivity contribution in [2.24, 2.45) is 7.05 Å². The van der Waals surface area contributed by atoms with Gasteiger partial charge in [0.1, 0.15) is 18.2 Å². The quantitative estimate of drug-likeness (QED) is 0.918. The Bertz CT molecular complexity index is 622. The van der Waals surface area contributed by atoms with Crippen LogP contribution in [-0.2, 0) is 20.2 Å². The van der Waals surface area contributed by atoms with Gasteiger partial charge in [0, 0.05) is 51.2 Å². The average molecular weight is 314 g/mol. The topological polar surface area (TPSA) is 42.3 Å². The summed E-state index contributed by atoms with van der Waals surface area (Å²) in [6.07, 6.45) is 3.72. The maximum Gasteiger partial charge on any atom is 0.146 e. The highest BCUT2D eigenvalue weighted by molar-refractivity contribution is 5.27. The number of rotatable bonds is 5. The van der Waals surface area contributed by atoms with Gasteiger partial charge in [0.15, 0.2) is 0 Å². The minimum Gasteiger partial charge on any atom is -0.486 e. The van der Waals surface area contributed by atoms with Gasteiger partial charge >= 0.3 is 0 Å². The van der Waals surface area contributed by atoms with Crippen molar-refractivity contribution in [3.05, 3.63) is 48.0 Å². The van der Waals surface area contributed by atoms with E-state index in [1.165, 1.54) is 5.56 Å². The van der Waals surface area contributed by atoms with Crippen molar-refractivity contribution < 1.29 is 4.74 Å². The van der Waals surface area contributed by atoms with E-state index in [9.17, 15) is 0 Å². The fraction of sp³-hybridized carbons (Fsp3) is 0.500. The van der Waals surface area contributed by atoms with Gasteiger partial charge in [-0.2, -0.15) is 0 Å². The lowest BCUT2D eigenvalue weighted by atomic mass is 10.1. The van der Waals surface area contributed by atoms with Crippen LogP contribution in [0.3, 0.4) is 0 Å². The predicted octanol–water partition coefficient (Wildman–Crippen LogP) is 2.18. The number of aromatic nitrogens is 2. The summed E-state index contributed by atoms with van der Waals surface area (Å²) in [6.45, 7) is 8.17. The Hall–Kier alpha value is -1.85. The molecule has 1 aromatic heterocycles. The number of ether oxygens (including phenoxy) is 1. The molecule has 1 aliphatic rings. The van der Waals surface area contributed by atoms with E-state index in [0.29, 0.717) is 18.7 Å². The molecule has 124 valence electrons. The number of hydrogen-bond donors (Lipinski definition) is 1. The second kappa shape index (κ2) is 7.15. The molecule has 5 nitrogen and oxygen atoms in total. The molecule has 2 aromatic rings. The number of imidazole rings is 1. The van der Waals surface area contributed by atoms with E-state index in [1.807, 2.05) is 17.8 Å². The van der Waals surface area contributed by atoms with Crippen LogP contribution in [0.4, 0.5) is 0 Å². The van der Waals surface area contributed by atoms with Crippen molar-refractivity contribution in [2.75, 3.05) is 13.1 Å². The third-order valence-electron chi connectivity index (χ3n) is 4.49. The summed E-state index contributed by atoms with van der Waals surface area (Å²) < 4.78 is 7.78. The molecule has 0 amide bonds. The van der Waals surface area contributed by atoms with E-state index >= 15 is 0 Å². The largest absolute Gasteiger partial charge is 0.486 e. The minimum absolute atomic E-state index is 0.495. The Morgan fingerprint density at radius 3 is 2.74 bits per heavy atom. The van der Waals surface area contributed by atoms with Gasteiger partial charge in [-0.15, -0.1) is 0 Å². The summed E-state index contributed by atoms with van der Waals surface area (Å²) in [6, 6.07) is 9.56. The third kappa shape index (κ3) is 4.12. The maximum absolute atomic E-state index is 5.81. The number of nitrogens with zero attached hydrogens (tertiary/aromatic N) is 3. The zero-order chi connectivity index (χ0) is 16.2. The second-order valence-corrected chi connectivity index (χ2v) is 6.47. The SMILES string of the molecule is CC1CN(Cc2ccc(OCc3nccn3C)cc2)C(C)CN1. The number of aryl methyl sites for hydroxylation is 1. The first-order chi connectivity index (χ1) is 11.1. The van der Waals surface area contributed by atoms with Crippen molar-refractivity contribution in [1.29, 1.82) is 0 Å². The molecule has 2 unspecified atom stereocenters. The molecule has 1 N–H and O–H groups in total. The van der Waals surface area contributed by atoms with Crippen LogP contribution < -0.4 is 10.1 Å². The standard InChI is InChI=1S/C18H26N4O/c1-14-11-22(15(2)10-20-14)12-16-4-6-17(7-5-16)23-13-18-19-8-9-21(18)3/h4-9,14-15,20H,10-13H2,1-3H3. The fourth-order valence-electron chi connectivity index (χ4n) is 2.93. The summed E-state index contributed by atoms with van der Waals surface area (Å²) in [5, 5.41) is 3.52. The van der Waals surface area contributed by atoms with E-state index < -0.39 is 0 Å². The molecule has 0 aliphatic carbocycles. The molecular weight excluding hydrogens is 288 g/mol. The molecule has 3 rings (SSSR count). The molecule has 1 saturated heterocycles. The lowest BCUT2D eigenvalue weighted by Gasteiger charge is -2.37. The molecule has 0 radical (unpaired) electrons. The Balaban J connectivity index is 1.55. The van der Waals surface area contributed by atoms with Crippen molar-refractivity contribution in [3.63, 3.8) is 0 Å². The van der Waals surface area contributed by atoms with Gasteiger partial charge in [0.2, 0.25) is 0 Å². The van der Waals surface area contributed by atoms with Crippen molar-refractivity contribution >= 4 is 0 Å². The van der Waals surface area contributed by atoms with Crippen LogP contribution in [0.25, 0.3) is 0 Å². The summed E-state index contributed by atoms with van der Waals surface area (Å²) in [5.41, 5.74) is 1.33. The van der Waals surface area contributed by atoms with E-state index in [2.05, 4.69) is 53.3 Å². The van der Waals surface area contributed by atoms with Crippen LogP contribution >= 0.6 is 0 Å². The van der Waals surface area contributed by atoms with Gasteiger partial charge in [-0.25, -0.2) is 4.98 Å². The number of hydrogen-bond acceptors (Lipinski definition) is 4. The number of nitrogens with one attached hydrogen (secondary N) is 1. The van der Waals surface area contributed by atoms with Gasteiger partial charge < -0.3 is 14.6 Å². The number of benzene rings is 1. The Labute approximate surface area is 138 Å². The van der Waals surface area contributed by atoms with Crippen LogP contribution in [0.5, 0.6) is 5.75 Å². The molecule has 2 heterocycles. The highest BCUT2D eigenvalue weighted by Crippen LogP contribution is 2.17. The average Bonchev–Trinajstić information content (AvgIpc) is 2.95. The zero-order valence-electron chi connectivity index (χ0n) is 14.2. The molecular formula is C18H26N4O. The molecule has 23 heavy (non-hydrogen) atoms. The molecule has 0 bridgehead atoms. The van der Waals surface area contributed by atoms with Crippen LogP contribution in [0.15, 0.2) is 36.7 Å². The van der Waals surface area contributed by atoms with Crippen molar-refractivity contribution in [1.82, 2.24) is 19.8 Å². The number of piperazine rings is 1. The van der Waals surface area contributed by atoms with E-state index in [1.54, 1.807) is 6.20 Å². The molecule has 1 fully saturated rings. The Kier molecular flexibility index (Phi) is 4.98. The molecule has 1 aliphatic heterocycles. The minimum atomic E-state index is 0.495. The monoisotopic (exact) mass is 314 g/mol. The third-order valence-corrected chi connectivity index (χ3v) is 4.49. The van der Waals surface area contributed by atoms with Gasteiger partial charge in [0.05, 0.1) is 0 Å². The molecule has 0 saturated carbocycles. The van der Waals surface area contributed by atoms with Crippen LogP contribution in [-0.4, -0.2) is 39.6 Å². The highest BCUT2D eigenvalue weighted by Gasteiger charge is 2.22.